The van der Waals surface area contributed by atoms with Gasteiger partial charge in [0, 0.05) is 46.6 Å². The molecular weight excluding hydrogens is 218 g/mol. The SMILES string of the molecule is CCOCCC1(CNCCOC)CCOCC1. The van der Waals surface area contributed by atoms with Crippen molar-refractivity contribution in [3.63, 3.8) is 0 Å². The molecule has 0 atom stereocenters. The van der Waals surface area contributed by atoms with E-state index in [-0.39, 0.29) is 0 Å². The first kappa shape index (κ1) is 14.9. The monoisotopic (exact) mass is 245 g/mol. The van der Waals surface area contributed by atoms with E-state index in [1.165, 1.54) is 0 Å². The number of rotatable bonds is 9. The third-order valence-electron chi connectivity index (χ3n) is 3.52. The molecule has 4 nitrogen and oxygen atoms in total. The molecule has 0 bridgehead atoms. The molecule has 0 aromatic carbocycles. The predicted octanol–water partition coefficient (Wildman–Crippen LogP) is 1.45. The lowest BCUT2D eigenvalue weighted by atomic mass is 9.77. The summed E-state index contributed by atoms with van der Waals surface area (Å²) >= 11 is 0. The van der Waals surface area contributed by atoms with Gasteiger partial charge in [-0.2, -0.15) is 0 Å². The van der Waals surface area contributed by atoms with Gasteiger partial charge in [0.05, 0.1) is 6.61 Å². The Morgan fingerprint density at radius 3 is 2.65 bits per heavy atom. The summed E-state index contributed by atoms with van der Waals surface area (Å²) in [6.07, 6.45) is 3.41. The second-order valence-corrected chi connectivity index (χ2v) is 4.73. The van der Waals surface area contributed by atoms with Crippen LogP contribution < -0.4 is 5.32 Å². The summed E-state index contributed by atoms with van der Waals surface area (Å²) < 4.78 is 16.0. The molecule has 1 aliphatic rings. The number of nitrogens with one attached hydrogen (secondary N) is 1. The molecule has 0 saturated carbocycles. The van der Waals surface area contributed by atoms with Crippen LogP contribution in [0.4, 0.5) is 0 Å². The molecule has 0 aliphatic carbocycles. The Bertz CT molecular complexity index is 182. The number of methoxy groups -OCH3 is 1. The number of hydrogen-bond donors (Lipinski definition) is 1. The van der Waals surface area contributed by atoms with Crippen LogP contribution in [-0.4, -0.2) is 53.2 Å². The quantitative estimate of drug-likeness (QED) is 0.624. The average molecular weight is 245 g/mol. The van der Waals surface area contributed by atoms with E-state index in [9.17, 15) is 0 Å². The van der Waals surface area contributed by atoms with Gasteiger partial charge in [0.25, 0.3) is 0 Å². The minimum Gasteiger partial charge on any atom is -0.383 e. The Hall–Kier alpha value is -0.160. The Morgan fingerprint density at radius 1 is 1.24 bits per heavy atom. The summed E-state index contributed by atoms with van der Waals surface area (Å²) in [7, 11) is 1.74. The van der Waals surface area contributed by atoms with E-state index < -0.39 is 0 Å². The highest BCUT2D eigenvalue weighted by molar-refractivity contribution is 4.84. The Balaban J connectivity index is 2.29. The summed E-state index contributed by atoms with van der Waals surface area (Å²) in [6.45, 7) is 8.24. The van der Waals surface area contributed by atoms with Gasteiger partial charge in [0.15, 0.2) is 0 Å². The van der Waals surface area contributed by atoms with Crippen molar-refractivity contribution in [3.05, 3.63) is 0 Å². The molecule has 4 heteroatoms. The maximum absolute atomic E-state index is 5.50. The minimum atomic E-state index is 0.362. The number of hydrogen-bond acceptors (Lipinski definition) is 4. The first-order chi connectivity index (χ1) is 8.33. The molecule has 0 spiro atoms. The van der Waals surface area contributed by atoms with Crippen molar-refractivity contribution in [2.45, 2.75) is 26.2 Å². The highest BCUT2D eigenvalue weighted by Gasteiger charge is 2.31. The van der Waals surface area contributed by atoms with Crippen LogP contribution in [-0.2, 0) is 14.2 Å². The molecule has 1 heterocycles. The van der Waals surface area contributed by atoms with Gasteiger partial charge < -0.3 is 19.5 Å². The largest absolute Gasteiger partial charge is 0.383 e. The maximum atomic E-state index is 5.50. The van der Waals surface area contributed by atoms with Crippen molar-refractivity contribution in [1.82, 2.24) is 5.32 Å². The minimum absolute atomic E-state index is 0.362. The number of ether oxygens (including phenoxy) is 3. The van der Waals surface area contributed by atoms with Crippen molar-refractivity contribution in [2.75, 3.05) is 53.2 Å². The third-order valence-corrected chi connectivity index (χ3v) is 3.52. The maximum Gasteiger partial charge on any atom is 0.0587 e. The van der Waals surface area contributed by atoms with E-state index in [4.69, 9.17) is 14.2 Å². The molecule has 0 unspecified atom stereocenters. The Kier molecular flexibility index (Phi) is 7.77. The summed E-state index contributed by atoms with van der Waals surface area (Å²) in [5, 5.41) is 3.49. The second-order valence-electron chi connectivity index (χ2n) is 4.73. The van der Waals surface area contributed by atoms with Gasteiger partial charge in [-0.15, -0.1) is 0 Å². The zero-order valence-electron chi connectivity index (χ0n) is 11.3. The topological polar surface area (TPSA) is 39.7 Å². The van der Waals surface area contributed by atoms with E-state index in [1.807, 2.05) is 6.92 Å². The summed E-state index contributed by atoms with van der Waals surface area (Å²) in [5.74, 6) is 0. The van der Waals surface area contributed by atoms with Gasteiger partial charge in [-0.1, -0.05) is 0 Å². The highest BCUT2D eigenvalue weighted by Crippen LogP contribution is 2.33. The molecule has 1 saturated heterocycles. The molecular formula is C13H27NO3. The molecule has 0 aromatic rings. The lowest BCUT2D eigenvalue weighted by Gasteiger charge is -2.37. The summed E-state index contributed by atoms with van der Waals surface area (Å²) in [4.78, 5) is 0. The molecule has 1 aliphatic heterocycles. The van der Waals surface area contributed by atoms with Gasteiger partial charge in [-0.05, 0) is 31.6 Å². The molecule has 0 radical (unpaired) electrons. The van der Waals surface area contributed by atoms with E-state index in [2.05, 4.69) is 5.32 Å². The van der Waals surface area contributed by atoms with Gasteiger partial charge in [0.1, 0.15) is 0 Å². The molecule has 1 rings (SSSR count). The Morgan fingerprint density at radius 2 is 2.00 bits per heavy atom. The lowest BCUT2D eigenvalue weighted by molar-refractivity contribution is -0.00552. The molecule has 102 valence electrons. The van der Waals surface area contributed by atoms with Crippen LogP contribution in [0.15, 0.2) is 0 Å². The first-order valence-corrected chi connectivity index (χ1v) is 6.68. The summed E-state index contributed by atoms with van der Waals surface area (Å²) in [6, 6.07) is 0. The molecule has 0 amide bonds. The van der Waals surface area contributed by atoms with Crippen molar-refractivity contribution in [2.24, 2.45) is 5.41 Å². The van der Waals surface area contributed by atoms with Gasteiger partial charge in [0.2, 0.25) is 0 Å². The zero-order chi connectivity index (χ0) is 12.4. The van der Waals surface area contributed by atoms with Crippen LogP contribution in [0, 0.1) is 5.41 Å². The van der Waals surface area contributed by atoms with Gasteiger partial charge in [-0.25, -0.2) is 0 Å². The highest BCUT2D eigenvalue weighted by atomic mass is 16.5. The second kappa shape index (κ2) is 8.86. The standard InChI is InChI=1S/C13H27NO3/c1-3-16-8-4-13(5-9-17-10-6-13)12-14-7-11-15-2/h14H,3-12H2,1-2H3. The van der Waals surface area contributed by atoms with Crippen molar-refractivity contribution < 1.29 is 14.2 Å². The van der Waals surface area contributed by atoms with E-state index in [0.717, 1.165) is 65.4 Å². The fourth-order valence-electron chi connectivity index (χ4n) is 2.28. The van der Waals surface area contributed by atoms with Crippen LogP contribution in [0.25, 0.3) is 0 Å². The van der Waals surface area contributed by atoms with Crippen molar-refractivity contribution >= 4 is 0 Å². The molecule has 1 fully saturated rings. The van der Waals surface area contributed by atoms with Crippen LogP contribution >= 0.6 is 0 Å². The van der Waals surface area contributed by atoms with Gasteiger partial charge >= 0.3 is 0 Å². The van der Waals surface area contributed by atoms with E-state index in [0.29, 0.717) is 5.41 Å². The van der Waals surface area contributed by atoms with Crippen LogP contribution in [0.5, 0.6) is 0 Å². The third kappa shape index (κ3) is 5.82. The van der Waals surface area contributed by atoms with Gasteiger partial charge in [-0.3, -0.25) is 0 Å². The fourth-order valence-corrected chi connectivity index (χ4v) is 2.28. The molecule has 17 heavy (non-hydrogen) atoms. The van der Waals surface area contributed by atoms with E-state index in [1.54, 1.807) is 7.11 Å². The lowest BCUT2D eigenvalue weighted by Crippen LogP contribution is -2.41. The average Bonchev–Trinajstić information content (AvgIpc) is 2.36. The first-order valence-electron chi connectivity index (χ1n) is 6.68. The van der Waals surface area contributed by atoms with Crippen molar-refractivity contribution in [3.8, 4) is 0 Å². The smallest absolute Gasteiger partial charge is 0.0587 e. The zero-order valence-corrected chi connectivity index (χ0v) is 11.3. The van der Waals surface area contributed by atoms with Crippen LogP contribution in [0.1, 0.15) is 26.2 Å². The summed E-state index contributed by atoms with van der Waals surface area (Å²) in [5.41, 5.74) is 0.362. The predicted molar refractivity (Wildman–Crippen MR) is 68.3 cm³/mol. The van der Waals surface area contributed by atoms with E-state index >= 15 is 0 Å². The molecule has 1 N–H and O–H groups in total. The molecule has 0 aromatic heterocycles. The van der Waals surface area contributed by atoms with Crippen LogP contribution in [0.3, 0.4) is 0 Å². The van der Waals surface area contributed by atoms with Crippen LogP contribution in [0.2, 0.25) is 0 Å². The van der Waals surface area contributed by atoms with Crippen molar-refractivity contribution in [1.29, 1.82) is 0 Å². The Labute approximate surface area is 105 Å². The normalized spacial score (nSPS) is 19.4. The fraction of sp³-hybridized carbons (Fsp3) is 1.00.